The molecule has 0 heterocycles. The third-order valence-electron chi connectivity index (χ3n) is 3.95. The monoisotopic (exact) mass is 370 g/mol. The molecule has 0 aliphatic rings. The van der Waals surface area contributed by atoms with E-state index in [4.69, 9.17) is 9.47 Å². The highest BCUT2D eigenvalue weighted by atomic mass is 16.5. The first-order valence-corrected chi connectivity index (χ1v) is 9.04. The number of amides is 2. The summed E-state index contributed by atoms with van der Waals surface area (Å²) in [5.74, 6) is 0.510. The van der Waals surface area contributed by atoms with Crippen molar-refractivity contribution in [2.24, 2.45) is 0 Å². The van der Waals surface area contributed by atoms with Crippen molar-refractivity contribution in [3.05, 3.63) is 59.2 Å². The summed E-state index contributed by atoms with van der Waals surface area (Å²) in [5.41, 5.74) is 2.57. The van der Waals surface area contributed by atoms with Gasteiger partial charge in [0, 0.05) is 12.1 Å². The van der Waals surface area contributed by atoms with E-state index in [2.05, 4.69) is 10.6 Å². The number of hydrogen-bond donors (Lipinski definition) is 2. The van der Waals surface area contributed by atoms with Crippen LogP contribution < -0.4 is 20.1 Å². The summed E-state index contributed by atoms with van der Waals surface area (Å²) in [6.07, 6.45) is 0. The topological polar surface area (TPSA) is 76.7 Å². The Kier molecular flexibility index (Phi) is 7.67. The molecule has 2 N–H and O–H groups in total. The molecule has 27 heavy (non-hydrogen) atoms. The van der Waals surface area contributed by atoms with Crippen LogP contribution in [0.1, 0.15) is 35.3 Å². The van der Waals surface area contributed by atoms with Crippen molar-refractivity contribution in [2.75, 3.05) is 19.8 Å². The van der Waals surface area contributed by atoms with E-state index < -0.39 is 0 Å². The van der Waals surface area contributed by atoms with Crippen molar-refractivity contribution < 1.29 is 19.1 Å². The van der Waals surface area contributed by atoms with Gasteiger partial charge in [-0.25, -0.2) is 0 Å². The van der Waals surface area contributed by atoms with Gasteiger partial charge in [-0.3, -0.25) is 9.59 Å². The molecule has 2 amide bonds. The second kappa shape index (κ2) is 10.2. The molecule has 0 saturated carbocycles. The van der Waals surface area contributed by atoms with Gasteiger partial charge in [0.15, 0.2) is 11.5 Å². The zero-order valence-electron chi connectivity index (χ0n) is 16.0. The van der Waals surface area contributed by atoms with Crippen LogP contribution in [0.15, 0.2) is 42.5 Å². The van der Waals surface area contributed by atoms with Crippen LogP contribution in [-0.4, -0.2) is 31.6 Å². The molecular weight excluding hydrogens is 344 g/mol. The van der Waals surface area contributed by atoms with Gasteiger partial charge in [0.2, 0.25) is 5.91 Å². The molecule has 2 aromatic rings. The van der Waals surface area contributed by atoms with Crippen LogP contribution >= 0.6 is 0 Å². The smallest absolute Gasteiger partial charge is 0.251 e. The maximum absolute atomic E-state index is 12.3. The highest BCUT2D eigenvalue weighted by Crippen LogP contribution is 2.28. The van der Waals surface area contributed by atoms with Crippen LogP contribution in [-0.2, 0) is 11.3 Å². The van der Waals surface area contributed by atoms with E-state index in [-0.39, 0.29) is 18.4 Å². The summed E-state index contributed by atoms with van der Waals surface area (Å²) in [6.45, 7) is 7.04. The molecule has 144 valence electrons. The number of carbonyl (C=O) groups is 2. The zero-order chi connectivity index (χ0) is 19.6. The molecule has 0 aliphatic carbocycles. The minimum atomic E-state index is -0.343. The summed E-state index contributed by atoms with van der Waals surface area (Å²) >= 11 is 0. The molecule has 0 spiro atoms. The standard InChI is InChI=1S/C21H26N2O4/c1-4-26-18-11-10-16(12-19(18)27-5-2)21(25)23-14-20(24)22-13-17-9-7-6-8-15(17)3/h6-12H,4-5,13-14H2,1-3H3,(H,22,24)(H,23,25). The van der Waals surface area contributed by atoms with Gasteiger partial charge in [0.1, 0.15) is 0 Å². The quantitative estimate of drug-likeness (QED) is 0.712. The average Bonchev–Trinajstić information content (AvgIpc) is 2.67. The van der Waals surface area contributed by atoms with Gasteiger partial charge in [-0.2, -0.15) is 0 Å². The Labute approximate surface area is 159 Å². The minimum Gasteiger partial charge on any atom is -0.490 e. The van der Waals surface area contributed by atoms with Crippen molar-refractivity contribution in [3.63, 3.8) is 0 Å². The van der Waals surface area contributed by atoms with E-state index in [9.17, 15) is 9.59 Å². The van der Waals surface area contributed by atoms with Crippen LogP contribution in [0.4, 0.5) is 0 Å². The third-order valence-corrected chi connectivity index (χ3v) is 3.95. The lowest BCUT2D eigenvalue weighted by atomic mass is 10.1. The van der Waals surface area contributed by atoms with Crippen molar-refractivity contribution in [3.8, 4) is 11.5 Å². The Bertz CT molecular complexity index is 790. The Hall–Kier alpha value is -3.02. The predicted octanol–water partition coefficient (Wildman–Crippen LogP) is 2.84. The van der Waals surface area contributed by atoms with Gasteiger partial charge in [-0.15, -0.1) is 0 Å². The normalized spacial score (nSPS) is 10.2. The van der Waals surface area contributed by atoms with Crippen LogP contribution in [0.5, 0.6) is 11.5 Å². The summed E-state index contributed by atoms with van der Waals surface area (Å²) < 4.78 is 11.0. The van der Waals surface area contributed by atoms with Gasteiger partial charge < -0.3 is 20.1 Å². The predicted molar refractivity (Wildman–Crippen MR) is 104 cm³/mol. The second-order valence-corrected chi connectivity index (χ2v) is 5.91. The molecule has 0 saturated heterocycles. The number of benzene rings is 2. The number of aryl methyl sites for hydroxylation is 1. The number of nitrogens with one attached hydrogen (secondary N) is 2. The first-order valence-electron chi connectivity index (χ1n) is 9.04. The Morgan fingerprint density at radius 3 is 2.33 bits per heavy atom. The fraction of sp³-hybridized carbons (Fsp3) is 0.333. The SMILES string of the molecule is CCOc1ccc(C(=O)NCC(=O)NCc2ccccc2C)cc1OCC. The number of rotatable bonds is 9. The molecular formula is C21H26N2O4. The average molecular weight is 370 g/mol. The van der Waals surface area contributed by atoms with E-state index in [0.717, 1.165) is 11.1 Å². The Morgan fingerprint density at radius 1 is 0.926 bits per heavy atom. The van der Waals surface area contributed by atoms with Gasteiger partial charge in [0.05, 0.1) is 19.8 Å². The highest BCUT2D eigenvalue weighted by molar-refractivity contribution is 5.97. The molecule has 6 nitrogen and oxygen atoms in total. The van der Waals surface area contributed by atoms with E-state index in [0.29, 0.717) is 36.8 Å². The number of carbonyl (C=O) groups excluding carboxylic acids is 2. The van der Waals surface area contributed by atoms with E-state index >= 15 is 0 Å². The van der Waals surface area contributed by atoms with Crippen LogP contribution in [0.25, 0.3) is 0 Å². The molecule has 0 fully saturated rings. The van der Waals surface area contributed by atoms with Crippen LogP contribution in [0.2, 0.25) is 0 Å². The van der Waals surface area contributed by atoms with Crippen molar-refractivity contribution in [1.82, 2.24) is 10.6 Å². The maximum atomic E-state index is 12.3. The second-order valence-electron chi connectivity index (χ2n) is 5.91. The molecule has 2 aromatic carbocycles. The Morgan fingerprint density at radius 2 is 1.63 bits per heavy atom. The summed E-state index contributed by atoms with van der Waals surface area (Å²) in [6, 6.07) is 12.8. The van der Waals surface area contributed by atoms with Gasteiger partial charge in [0.25, 0.3) is 5.91 Å². The molecule has 0 bridgehead atoms. The molecule has 0 radical (unpaired) electrons. The van der Waals surface area contributed by atoms with E-state index in [1.807, 2.05) is 45.0 Å². The van der Waals surface area contributed by atoms with Crippen molar-refractivity contribution in [2.45, 2.75) is 27.3 Å². The Balaban J connectivity index is 1.90. The van der Waals surface area contributed by atoms with Gasteiger partial charge >= 0.3 is 0 Å². The number of ether oxygens (including phenoxy) is 2. The first kappa shape index (κ1) is 20.3. The van der Waals surface area contributed by atoms with Gasteiger partial charge in [-0.05, 0) is 50.1 Å². The molecule has 6 heteroatoms. The lowest BCUT2D eigenvalue weighted by molar-refractivity contribution is -0.120. The largest absolute Gasteiger partial charge is 0.490 e. The third kappa shape index (κ3) is 6.02. The first-order chi connectivity index (χ1) is 13.0. The van der Waals surface area contributed by atoms with Gasteiger partial charge in [-0.1, -0.05) is 24.3 Å². The molecule has 2 rings (SSSR count). The van der Waals surface area contributed by atoms with Crippen LogP contribution in [0.3, 0.4) is 0 Å². The number of hydrogen-bond acceptors (Lipinski definition) is 4. The van der Waals surface area contributed by atoms with E-state index in [1.54, 1.807) is 18.2 Å². The van der Waals surface area contributed by atoms with E-state index in [1.165, 1.54) is 0 Å². The fourth-order valence-electron chi connectivity index (χ4n) is 2.52. The minimum absolute atomic E-state index is 0.0953. The molecule has 0 atom stereocenters. The summed E-state index contributed by atoms with van der Waals surface area (Å²) in [7, 11) is 0. The molecule has 0 aromatic heterocycles. The lowest BCUT2D eigenvalue weighted by Crippen LogP contribution is -2.36. The lowest BCUT2D eigenvalue weighted by Gasteiger charge is -2.12. The maximum Gasteiger partial charge on any atom is 0.251 e. The fourth-order valence-corrected chi connectivity index (χ4v) is 2.52. The summed E-state index contributed by atoms with van der Waals surface area (Å²) in [4.78, 5) is 24.3. The molecule has 0 unspecified atom stereocenters. The zero-order valence-corrected chi connectivity index (χ0v) is 16.0. The highest BCUT2D eigenvalue weighted by Gasteiger charge is 2.12. The van der Waals surface area contributed by atoms with Crippen molar-refractivity contribution >= 4 is 11.8 Å². The summed E-state index contributed by atoms with van der Waals surface area (Å²) in [5, 5.41) is 5.43. The van der Waals surface area contributed by atoms with Crippen LogP contribution in [0, 0.1) is 6.92 Å². The molecule has 0 aliphatic heterocycles. The van der Waals surface area contributed by atoms with Crippen molar-refractivity contribution in [1.29, 1.82) is 0 Å².